The molecule has 1 atom stereocenters. The Balaban J connectivity index is 1.92. The lowest BCUT2D eigenvalue weighted by Crippen LogP contribution is -2.44. The summed E-state index contributed by atoms with van der Waals surface area (Å²) in [6.45, 7) is 8.83. The first-order valence-corrected chi connectivity index (χ1v) is 8.23. The number of hydrogen-bond donors (Lipinski definition) is 1. The Morgan fingerprint density at radius 1 is 1.22 bits per heavy atom. The minimum Gasteiger partial charge on any atom is -0.325 e. The molecule has 0 aliphatic carbocycles. The molecule has 0 saturated carbocycles. The van der Waals surface area contributed by atoms with Gasteiger partial charge >= 0.3 is 0 Å². The third kappa shape index (κ3) is 4.97. The Morgan fingerprint density at radius 2 is 2.00 bits per heavy atom. The first-order valence-electron chi connectivity index (χ1n) is 8.23. The van der Waals surface area contributed by atoms with Gasteiger partial charge in [0.1, 0.15) is 0 Å². The molecule has 1 aliphatic rings. The van der Waals surface area contributed by atoms with Crippen LogP contribution in [0.25, 0.3) is 0 Å². The zero-order chi connectivity index (χ0) is 16.8. The molecule has 1 aromatic carbocycles. The molecule has 1 saturated heterocycles. The Kier molecular flexibility index (Phi) is 6.47. The SMILES string of the molecule is CCCN1CCCN(C(C)C(=O)Nc2ccc(F)c(F)c2)CC1. The van der Waals surface area contributed by atoms with Gasteiger partial charge in [0.25, 0.3) is 0 Å². The van der Waals surface area contributed by atoms with Crippen LogP contribution < -0.4 is 5.32 Å². The van der Waals surface area contributed by atoms with Gasteiger partial charge in [-0.3, -0.25) is 9.69 Å². The van der Waals surface area contributed by atoms with Crippen LogP contribution in [-0.2, 0) is 4.79 Å². The van der Waals surface area contributed by atoms with Gasteiger partial charge in [-0.2, -0.15) is 0 Å². The summed E-state index contributed by atoms with van der Waals surface area (Å²) < 4.78 is 26.1. The molecule has 1 heterocycles. The second kappa shape index (κ2) is 8.36. The molecular weight excluding hydrogens is 300 g/mol. The van der Waals surface area contributed by atoms with Crippen LogP contribution in [0, 0.1) is 11.6 Å². The molecule has 1 N–H and O–H groups in total. The summed E-state index contributed by atoms with van der Waals surface area (Å²) in [5.41, 5.74) is 0.281. The molecule has 0 spiro atoms. The molecule has 23 heavy (non-hydrogen) atoms. The molecule has 1 aromatic rings. The van der Waals surface area contributed by atoms with Crippen molar-refractivity contribution in [3.63, 3.8) is 0 Å². The van der Waals surface area contributed by atoms with Gasteiger partial charge in [-0.25, -0.2) is 8.78 Å². The van der Waals surface area contributed by atoms with Crippen molar-refractivity contribution < 1.29 is 13.6 Å². The molecule has 0 radical (unpaired) electrons. The highest BCUT2D eigenvalue weighted by Crippen LogP contribution is 2.15. The lowest BCUT2D eigenvalue weighted by molar-refractivity contribution is -0.120. The van der Waals surface area contributed by atoms with Crippen LogP contribution in [0.3, 0.4) is 0 Å². The molecular formula is C17H25F2N3O. The molecule has 1 unspecified atom stereocenters. The molecule has 6 heteroatoms. The lowest BCUT2D eigenvalue weighted by Gasteiger charge is -2.27. The zero-order valence-corrected chi connectivity index (χ0v) is 13.8. The summed E-state index contributed by atoms with van der Waals surface area (Å²) in [5.74, 6) is -2.07. The van der Waals surface area contributed by atoms with Crippen molar-refractivity contribution in [1.82, 2.24) is 9.80 Å². The van der Waals surface area contributed by atoms with Crippen molar-refractivity contribution >= 4 is 11.6 Å². The van der Waals surface area contributed by atoms with Crippen molar-refractivity contribution in [2.45, 2.75) is 32.7 Å². The predicted octanol–water partition coefficient (Wildman–Crippen LogP) is 2.71. The van der Waals surface area contributed by atoms with E-state index in [1.54, 1.807) is 0 Å². The average Bonchev–Trinajstić information content (AvgIpc) is 2.76. The number of amides is 1. The molecule has 1 fully saturated rings. The monoisotopic (exact) mass is 325 g/mol. The van der Waals surface area contributed by atoms with E-state index in [4.69, 9.17) is 0 Å². The number of anilines is 1. The van der Waals surface area contributed by atoms with Crippen molar-refractivity contribution in [2.75, 3.05) is 38.0 Å². The second-order valence-electron chi connectivity index (χ2n) is 6.03. The van der Waals surface area contributed by atoms with E-state index in [2.05, 4.69) is 22.0 Å². The minimum absolute atomic E-state index is 0.194. The topological polar surface area (TPSA) is 35.6 Å². The molecule has 1 amide bonds. The van der Waals surface area contributed by atoms with Gasteiger partial charge in [-0.15, -0.1) is 0 Å². The van der Waals surface area contributed by atoms with Crippen LogP contribution in [0.15, 0.2) is 18.2 Å². The van der Waals surface area contributed by atoms with E-state index in [-0.39, 0.29) is 17.6 Å². The highest BCUT2D eigenvalue weighted by Gasteiger charge is 2.24. The largest absolute Gasteiger partial charge is 0.325 e. The lowest BCUT2D eigenvalue weighted by atomic mass is 10.2. The summed E-state index contributed by atoms with van der Waals surface area (Å²) in [5, 5.41) is 2.66. The molecule has 1 aliphatic heterocycles. The second-order valence-corrected chi connectivity index (χ2v) is 6.03. The molecule has 4 nitrogen and oxygen atoms in total. The normalized spacial score (nSPS) is 18.4. The number of hydrogen-bond acceptors (Lipinski definition) is 3. The van der Waals surface area contributed by atoms with E-state index in [0.717, 1.165) is 57.7 Å². The summed E-state index contributed by atoms with van der Waals surface area (Å²) in [6.07, 6.45) is 2.16. The number of rotatable bonds is 5. The summed E-state index contributed by atoms with van der Waals surface area (Å²) in [4.78, 5) is 16.9. The van der Waals surface area contributed by atoms with Crippen LogP contribution in [0.5, 0.6) is 0 Å². The van der Waals surface area contributed by atoms with E-state index >= 15 is 0 Å². The van der Waals surface area contributed by atoms with E-state index in [1.807, 2.05) is 6.92 Å². The maximum atomic E-state index is 13.2. The number of carbonyl (C=O) groups is 1. The summed E-state index contributed by atoms with van der Waals surface area (Å²) in [6, 6.07) is 3.09. The Hall–Kier alpha value is -1.53. The maximum absolute atomic E-state index is 13.2. The maximum Gasteiger partial charge on any atom is 0.241 e. The van der Waals surface area contributed by atoms with Gasteiger partial charge in [0.2, 0.25) is 5.91 Å². The first kappa shape index (κ1) is 17.8. The number of nitrogens with one attached hydrogen (secondary N) is 1. The van der Waals surface area contributed by atoms with E-state index in [1.165, 1.54) is 6.07 Å². The highest BCUT2D eigenvalue weighted by atomic mass is 19.2. The van der Waals surface area contributed by atoms with Crippen LogP contribution in [0.1, 0.15) is 26.7 Å². The quantitative estimate of drug-likeness (QED) is 0.904. The standard InChI is InChI=1S/C17H25F2N3O/c1-3-7-21-8-4-9-22(11-10-21)13(2)17(23)20-14-5-6-15(18)16(19)12-14/h5-6,12-13H,3-4,7-11H2,1-2H3,(H,20,23). The smallest absolute Gasteiger partial charge is 0.241 e. The number of carbonyl (C=O) groups excluding carboxylic acids is 1. The fourth-order valence-corrected chi connectivity index (χ4v) is 2.90. The predicted molar refractivity (Wildman–Crippen MR) is 87.4 cm³/mol. The van der Waals surface area contributed by atoms with E-state index in [9.17, 15) is 13.6 Å². The summed E-state index contributed by atoms with van der Waals surface area (Å²) in [7, 11) is 0. The van der Waals surface area contributed by atoms with Crippen LogP contribution in [-0.4, -0.2) is 54.5 Å². The van der Waals surface area contributed by atoms with Gasteiger partial charge in [0.05, 0.1) is 6.04 Å². The Morgan fingerprint density at radius 3 is 2.70 bits per heavy atom. The van der Waals surface area contributed by atoms with Crippen molar-refractivity contribution in [3.8, 4) is 0 Å². The Labute approximate surface area is 136 Å². The van der Waals surface area contributed by atoms with E-state index in [0.29, 0.717) is 0 Å². The van der Waals surface area contributed by atoms with Gasteiger partial charge in [0.15, 0.2) is 11.6 Å². The zero-order valence-electron chi connectivity index (χ0n) is 13.8. The minimum atomic E-state index is -0.958. The van der Waals surface area contributed by atoms with Crippen molar-refractivity contribution in [3.05, 3.63) is 29.8 Å². The van der Waals surface area contributed by atoms with Gasteiger partial charge in [-0.05, 0) is 45.0 Å². The molecule has 128 valence electrons. The Bertz CT molecular complexity index is 539. The highest BCUT2D eigenvalue weighted by molar-refractivity contribution is 5.94. The molecule has 2 rings (SSSR count). The third-order valence-corrected chi connectivity index (χ3v) is 4.28. The fourth-order valence-electron chi connectivity index (χ4n) is 2.90. The van der Waals surface area contributed by atoms with Crippen LogP contribution in [0.4, 0.5) is 14.5 Å². The summed E-state index contributed by atoms with van der Waals surface area (Å²) >= 11 is 0. The van der Waals surface area contributed by atoms with Crippen molar-refractivity contribution in [2.24, 2.45) is 0 Å². The average molecular weight is 325 g/mol. The fraction of sp³-hybridized carbons (Fsp3) is 0.588. The number of nitrogens with zero attached hydrogens (tertiary/aromatic N) is 2. The first-order chi connectivity index (χ1) is 11.0. The number of halogens is 2. The van der Waals surface area contributed by atoms with Gasteiger partial charge < -0.3 is 10.2 Å². The molecule has 0 bridgehead atoms. The number of benzene rings is 1. The van der Waals surface area contributed by atoms with Gasteiger partial charge in [-0.1, -0.05) is 6.92 Å². The van der Waals surface area contributed by atoms with Crippen molar-refractivity contribution in [1.29, 1.82) is 0 Å². The van der Waals surface area contributed by atoms with Crippen LogP contribution in [0.2, 0.25) is 0 Å². The third-order valence-electron chi connectivity index (χ3n) is 4.28. The van der Waals surface area contributed by atoms with Gasteiger partial charge in [0, 0.05) is 31.4 Å². The molecule has 0 aromatic heterocycles. The van der Waals surface area contributed by atoms with E-state index < -0.39 is 11.6 Å². The van der Waals surface area contributed by atoms with Crippen LogP contribution >= 0.6 is 0 Å².